The molecule has 6 nitrogen and oxygen atoms in total. The van der Waals surface area contributed by atoms with Gasteiger partial charge in [0, 0.05) is 6.08 Å². The molecule has 0 aromatic heterocycles. The van der Waals surface area contributed by atoms with Crippen molar-refractivity contribution >= 4 is 57.3 Å². The van der Waals surface area contributed by atoms with Crippen molar-refractivity contribution in [2.75, 3.05) is 4.72 Å². The Bertz CT molecular complexity index is 1370. The maximum absolute atomic E-state index is 13.3. The van der Waals surface area contributed by atoms with Gasteiger partial charge in [-0.3, -0.25) is 4.72 Å². The fourth-order valence-electron chi connectivity index (χ4n) is 3.36. The first-order chi connectivity index (χ1) is 16.9. The quantitative estimate of drug-likeness (QED) is 0.269. The van der Waals surface area contributed by atoms with Crippen molar-refractivity contribution in [2.45, 2.75) is 37.4 Å². The summed E-state index contributed by atoms with van der Waals surface area (Å²) in [6.45, 7) is 3.52. The number of anilines is 1. The molecular weight excluding hydrogens is 518 g/mol. The van der Waals surface area contributed by atoms with Crippen LogP contribution in [0.4, 0.5) is 18.9 Å². The zero-order valence-electron chi connectivity index (χ0n) is 19.4. The molecule has 0 heterocycles. The molecule has 0 bridgehead atoms. The maximum atomic E-state index is 13.3. The van der Waals surface area contributed by atoms with Gasteiger partial charge in [0.1, 0.15) is 12.4 Å². The Morgan fingerprint density at radius 1 is 1.05 bits per heavy atom. The number of carboxylic acids is 1. The molecule has 0 aliphatic carbocycles. The van der Waals surface area contributed by atoms with Crippen LogP contribution in [0.1, 0.15) is 42.0 Å². The molecule has 0 aliphatic heterocycles. The number of nitrogens with one attached hydrogen (secondary N) is 1. The van der Waals surface area contributed by atoms with Crippen LogP contribution in [0.25, 0.3) is 6.08 Å². The predicted octanol–water partition coefficient (Wildman–Crippen LogP) is 5.66. The SMILES string of the molecule is CC(C)c1ccccc1S(=O)(=O)Nc1ccc(C(F)(F)F)cc1OCc1ccc(/C=C/C(=O)O)cc1.[NaH]. The van der Waals surface area contributed by atoms with E-state index in [1.54, 1.807) is 42.5 Å². The average Bonchev–Trinajstić information content (AvgIpc) is 2.81. The molecule has 0 aliphatic rings. The fraction of sp³-hybridized carbons (Fsp3) is 0.192. The summed E-state index contributed by atoms with van der Waals surface area (Å²) in [6.07, 6.45) is -2.29. The van der Waals surface area contributed by atoms with E-state index >= 15 is 0 Å². The first-order valence-electron chi connectivity index (χ1n) is 10.8. The van der Waals surface area contributed by atoms with Gasteiger partial charge in [-0.25, -0.2) is 13.2 Å². The monoisotopic (exact) mass is 543 g/mol. The zero-order valence-corrected chi connectivity index (χ0v) is 20.2. The number of rotatable bonds is 9. The molecule has 3 aromatic rings. The topological polar surface area (TPSA) is 92.7 Å². The van der Waals surface area contributed by atoms with E-state index in [0.29, 0.717) is 16.7 Å². The van der Waals surface area contributed by atoms with Crippen LogP contribution in [0, 0.1) is 0 Å². The molecular formula is C26H25F3NNaO5S. The molecule has 0 radical (unpaired) electrons. The normalized spacial score (nSPS) is 11.8. The third-order valence-corrected chi connectivity index (χ3v) is 6.62. The standard InChI is InChI=1S/C26H24F3NO5S.Na.H/c1-17(2)21-5-3-4-6-24(21)36(33,34)30-22-13-12-20(26(27,28)29)15-23(22)35-16-19-9-7-18(8-10-19)11-14-25(31)32;;/h3-15,17,30H,16H2,1-2H3,(H,31,32);;/b14-11+;;. The van der Waals surface area contributed by atoms with E-state index in [9.17, 15) is 26.4 Å². The summed E-state index contributed by atoms with van der Waals surface area (Å²) in [5.41, 5.74) is 0.632. The summed E-state index contributed by atoms with van der Waals surface area (Å²) in [7, 11) is -4.13. The zero-order chi connectivity index (χ0) is 26.5. The third-order valence-electron chi connectivity index (χ3n) is 5.18. The van der Waals surface area contributed by atoms with Crippen molar-refractivity contribution in [3.05, 3.63) is 95.1 Å². The summed E-state index contributed by atoms with van der Waals surface area (Å²) < 4.78 is 74.3. The molecule has 0 saturated carbocycles. The number of alkyl halides is 3. The Morgan fingerprint density at radius 2 is 1.70 bits per heavy atom. The predicted molar refractivity (Wildman–Crippen MR) is 137 cm³/mol. The van der Waals surface area contributed by atoms with Gasteiger partial charge in [0.15, 0.2) is 0 Å². The Balaban J connectivity index is 0.00000481. The van der Waals surface area contributed by atoms with Crippen molar-refractivity contribution in [1.29, 1.82) is 0 Å². The van der Waals surface area contributed by atoms with Gasteiger partial charge >= 0.3 is 41.7 Å². The number of benzene rings is 3. The van der Waals surface area contributed by atoms with E-state index in [4.69, 9.17) is 9.84 Å². The first-order valence-corrected chi connectivity index (χ1v) is 12.3. The number of hydrogen-bond acceptors (Lipinski definition) is 4. The van der Waals surface area contributed by atoms with Gasteiger partial charge < -0.3 is 9.84 Å². The van der Waals surface area contributed by atoms with Crippen molar-refractivity contribution in [2.24, 2.45) is 0 Å². The second kappa shape index (κ2) is 12.6. The van der Waals surface area contributed by atoms with Crippen molar-refractivity contribution < 1.29 is 36.2 Å². The third kappa shape index (κ3) is 8.36. The van der Waals surface area contributed by atoms with E-state index in [0.717, 1.165) is 24.3 Å². The van der Waals surface area contributed by atoms with Crippen LogP contribution in [-0.2, 0) is 27.6 Å². The Hall–Kier alpha value is -2.79. The molecule has 0 atom stereocenters. The van der Waals surface area contributed by atoms with Gasteiger partial charge in [0.25, 0.3) is 10.0 Å². The molecule has 37 heavy (non-hydrogen) atoms. The molecule has 2 N–H and O–H groups in total. The summed E-state index contributed by atoms with van der Waals surface area (Å²) in [5.74, 6) is -1.49. The molecule has 0 unspecified atom stereocenters. The van der Waals surface area contributed by atoms with E-state index in [1.807, 2.05) is 13.8 Å². The number of carbonyl (C=O) groups is 1. The van der Waals surface area contributed by atoms with Gasteiger partial charge in [-0.1, -0.05) is 56.3 Å². The first kappa shape index (κ1) is 30.4. The summed E-state index contributed by atoms with van der Waals surface area (Å²) in [4.78, 5) is 10.7. The molecule has 3 rings (SSSR count). The Labute approximate surface area is 235 Å². The van der Waals surface area contributed by atoms with Crippen LogP contribution in [-0.4, -0.2) is 49.1 Å². The van der Waals surface area contributed by atoms with Crippen molar-refractivity contribution in [3.63, 3.8) is 0 Å². The molecule has 3 aromatic carbocycles. The summed E-state index contributed by atoms with van der Waals surface area (Å²) in [5, 5.41) is 8.71. The summed E-state index contributed by atoms with van der Waals surface area (Å²) >= 11 is 0. The summed E-state index contributed by atoms with van der Waals surface area (Å²) in [6, 6.07) is 15.4. The van der Waals surface area contributed by atoms with Crippen LogP contribution in [0.15, 0.2) is 77.7 Å². The van der Waals surface area contributed by atoms with Crippen LogP contribution in [0.2, 0.25) is 0 Å². The van der Waals surface area contributed by atoms with Gasteiger partial charge in [-0.15, -0.1) is 0 Å². The van der Waals surface area contributed by atoms with E-state index in [2.05, 4.69) is 4.72 Å². The molecule has 0 amide bonds. The molecule has 0 saturated heterocycles. The van der Waals surface area contributed by atoms with Crippen LogP contribution in [0.5, 0.6) is 5.75 Å². The van der Waals surface area contributed by atoms with Gasteiger partial charge in [0.05, 0.1) is 16.1 Å². The molecule has 0 spiro atoms. The van der Waals surface area contributed by atoms with E-state index < -0.39 is 27.7 Å². The van der Waals surface area contributed by atoms with Crippen LogP contribution >= 0.6 is 0 Å². The van der Waals surface area contributed by atoms with Crippen molar-refractivity contribution in [1.82, 2.24) is 0 Å². The second-order valence-corrected chi connectivity index (χ2v) is 9.86. The van der Waals surface area contributed by atoms with E-state index in [-0.39, 0.29) is 58.4 Å². The van der Waals surface area contributed by atoms with Crippen molar-refractivity contribution in [3.8, 4) is 5.75 Å². The Kier molecular flexibility index (Phi) is 10.4. The molecule has 11 heteroatoms. The van der Waals surface area contributed by atoms with Crippen LogP contribution < -0.4 is 9.46 Å². The minimum atomic E-state index is -4.65. The molecule has 192 valence electrons. The number of aliphatic carboxylic acids is 1. The number of hydrogen-bond donors (Lipinski definition) is 2. The van der Waals surface area contributed by atoms with E-state index in [1.165, 1.54) is 12.1 Å². The fourth-order valence-corrected chi connectivity index (χ4v) is 4.80. The number of carboxylic acid groups (broad SMARTS) is 1. The second-order valence-electron chi connectivity index (χ2n) is 8.21. The van der Waals surface area contributed by atoms with Gasteiger partial charge in [-0.2, -0.15) is 13.2 Å². The molecule has 0 fully saturated rings. The van der Waals surface area contributed by atoms with Gasteiger partial charge in [-0.05, 0) is 52.9 Å². The Morgan fingerprint density at radius 3 is 2.30 bits per heavy atom. The minimum absolute atomic E-state index is 0. The number of sulfonamides is 1. The number of ether oxygens (including phenoxy) is 1. The average molecular weight is 544 g/mol. The van der Waals surface area contributed by atoms with Crippen LogP contribution in [0.3, 0.4) is 0 Å². The van der Waals surface area contributed by atoms with Gasteiger partial charge in [0.2, 0.25) is 0 Å². The number of halogens is 3.